The largest absolute Gasteiger partial charge is 0.489 e. The van der Waals surface area contributed by atoms with Gasteiger partial charge in [0.25, 0.3) is 0 Å². The molecule has 1 aliphatic rings. The zero-order valence-electron chi connectivity index (χ0n) is 11.6. The summed E-state index contributed by atoms with van der Waals surface area (Å²) in [7, 11) is 0. The minimum Gasteiger partial charge on any atom is -0.489 e. The van der Waals surface area contributed by atoms with Crippen molar-refractivity contribution in [3.05, 3.63) is 65.2 Å². The van der Waals surface area contributed by atoms with E-state index in [0.29, 0.717) is 18.9 Å². The second-order valence-electron chi connectivity index (χ2n) is 5.11. The number of fused-ring (bicyclic) bond motifs is 1. The molecule has 1 atom stereocenters. The fourth-order valence-corrected chi connectivity index (χ4v) is 2.58. The molecule has 0 fully saturated rings. The topological polar surface area (TPSA) is 58.6 Å². The zero-order chi connectivity index (χ0) is 14.7. The molecule has 2 aromatic rings. The number of hydrogen-bond donors (Lipinski definition) is 2. The summed E-state index contributed by atoms with van der Waals surface area (Å²) < 4.78 is 5.77. The van der Waals surface area contributed by atoms with Gasteiger partial charge in [0.1, 0.15) is 18.4 Å². The van der Waals surface area contributed by atoms with Crippen molar-refractivity contribution in [1.29, 1.82) is 0 Å². The molecular formula is C17H17NO3. The summed E-state index contributed by atoms with van der Waals surface area (Å²) in [4.78, 5) is 11.3. The van der Waals surface area contributed by atoms with Gasteiger partial charge in [0.05, 0.1) is 0 Å². The Balaban J connectivity index is 1.78. The van der Waals surface area contributed by atoms with Crippen LogP contribution in [-0.2, 0) is 17.8 Å². The van der Waals surface area contributed by atoms with Gasteiger partial charge in [-0.25, -0.2) is 0 Å². The molecule has 2 aromatic carbocycles. The van der Waals surface area contributed by atoms with Gasteiger partial charge >= 0.3 is 5.97 Å². The Bertz CT molecular complexity index is 640. The molecule has 3 rings (SSSR count). The summed E-state index contributed by atoms with van der Waals surface area (Å²) in [6.45, 7) is 1.17. The van der Waals surface area contributed by atoms with Gasteiger partial charge < -0.3 is 15.2 Å². The van der Waals surface area contributed by atoms with E-state index in [0.717, 1.165) is 23.1 Å². The lowest BCUT2D eigenvalue weighted by molar-refractivity contribution is -0.139. The van der Waals surface area contributed by atoms with E-state index in [1.165, 1.54) is 0 Å². The first kappa shape index (κ1) is 13.6. The highest BCUT2D eigenvalue weighted by Crippen LogP contribution is 2.27. The smallest absolute Gasteiger partial charge is 0.325 e. The number of carbonyl (C=O) groups is 1. The lowest BCUT2D eigenvalue weighted by Gasteiger charge is -2.24. The van der Waals surface area contributed by atoms with Crippen LogP contribution in [0.2, 0.25) is 0 Å². The average Bonchev–Trinajstić information content (AvgIpc) is 2.53. The predicted molar refractivity (Wildman–Crippen MR) is 79.3 cm³/mol. The molecule has 0 aliphatic carbocycles. The highest BCUT2D eigenvalue weighted by atomic mass is 16.5. The zero-order valence-corrected chi connectivity index (χ0v) is 11.6. The molecule has 1 aliphatic heterocycles. The third kappa shape index (κ3) is 3.06. The molecule has 1 unspecified atom stereocenters. The Labute approximate surface area is 123 Å². The van der Waals surface area contributed by atoms with Crippen molar-refractivity contribution in [2.45, 2.75) is 19.1 Å². The average molecular weight is 283 g/mol. The number of nitrogens with one attached hydrogen (secondary N) is 1. The van der Waals surface area contributed by atoms with Crippen LogP contribution in [0.1, 0.15) is 22.7 Å². The molecule has 4 heteroatoms. The molecule has 0 bridgehead atoms. The van der Waals surface area contributed by atoms with E-state index in [1.54, 1.807) is 0 Å². The molecule has 0 spiro atoms. The normalized spacial score (nSPS) is 17.0. The SMILES string of the molecule is O=C(O)C1NCCc2ccc(OCc3ccccc3)cc21. The summed E-state index contributed by atoms with van der Waals surface area (Å²) in [6.07, 6.45) is 0.845. The highest BCUT2D eigenvalue weighted by molar-refractivity contribution is 5.76. The third-order valence-corrected chi connectivity index (χ3v) is 3.67. The third-order valence-electron chi connectivity index (χ3n) is 3.67. The molecule has 21 heavy (non-hydrogen) atoms. The molecule has 108 valence electrons. The number of carboxylic acids is 1. The highest BCUT2D eigenvalue weighted by Gasteiger charge is 2.25. The van der Waals surface area contributed by atoms with E-state index >= 15 is 0 Å². The lowest BCUT2D eigenvalue weighted by atomic mass is 9.94. The van der Waals surface area contributed by atoms with Crippen LogP contribution in [0.25, 0.3) is 0 Å². The maximum atomic E-state index is 11.3. The summed E-state index contributed by atoms with van der Waals surface area (Å²) in [5.74, 6) is -0.149. The van der Waals surface area contributed by atoms with Crippen molar-refractivity contribution in [3.8, 4) is 5.75 Å². The van der Waals surface area contributed by atoms with E-state index in [9.17, 15) is 9.90 Å². The maximum absolute atomic E-state index is 11.3. The van der Waals surface area contributed by atoms with Gasteiger partial charge in [-0.05, 0) is 35.2 Å². The Morgan fingerprint density at radius 2 is 2.05 bits per heavy atom. The van der Waals surface area contributed by atoms with Gasteiger partial charge in [-0.3, -0.25) is 4.79 Å². The van der Waals surface area contributed by atoms with Crippen molar-refractivity contribution in [2.24, 2.45) is 0 Å². The number of ether oxygens (including phenoxy) is 1. The molecule has 0 amide bonds. The Kier molecular flexibility index (Phi) is 3.88. The predicted octanol–water partition coefficient (Wildman–Crippen LogP) is 2.54. The number of hydrogen-bond acceptors (Lipinski definition) is 3. The first-order valence-electron chi connectivity index (χ1n) is 7.00. The van der Waals surface area contributed by atoms with Crippen molar-refractivity contribution in [3.63, 3.8) is 0 Å². The first-order chi connectivity index (χ1) is 10.2. The molecule has 1 heterocycles. The van der Waals surface area contributed by atoms with Gasteiger partial charge in [0, 0.05) is 6.54 Å². The van der Waals surface area contributed by atoms with Crippen LogP contribution < -0.4 is 10.1 Å². The second-order valence-corrected chi connectivity index (χ2v) is 5.11. The minimum atomic E-state index is -0.851. The van der Waals surface area contributed by atoms with Gasteiger partial charge in [-0.1, -0.05) is 36.4 Å². The number of benzene rings is 2. The standard InChI is InChI=1S/C17H17NO3/c19-17(20)16-15-10-14(7-6-13(15)8-9-18-16)21-11-12-4-2-1-3-5-12/h1-7,10,16,18H,8-9,11H2,(H,19,20). The van der Waals surface area contributed by atoms with E-state index < -0.39 is 12.0 Å². The van der Waals surface area contributed by atoms with Gasteiger partial charge in [0.15, 0.2) is 0 Å². The van der Waals surface area contributed by atoms with E-state index in [4.69, 9.17) is 4.74 Å². The van der Waals surface area contributed by atoms with E-state index in [1.807, 2.05) is 48.5 Å². The molecule has 0 saturated heterocycles. The van der Waals surface area contributed by atoms with Crippen molar-refractivity contribution in [1.82, 2.24) is 5.32 Å². The van der Waals surface area contributed by atoms with Crippen molar-refractivity contribution >= 4 is 5.97 Å². The summed E-state index contributed by atoms with van der Waals surface area (Å²) in [5.41, 5.74) is 2.97. The van der Waals surface area contributed by atoms with Crippen molar-refractivity contribution in [2.75, 3.05) is 6.54 Å². The van der Waals surface area contributed by atoms with Gasteiger partial charge in [-0.15, -0.1) is 0 Å². The molecule has 0 saturated carbocycles. The Hall–Kier alpha value is -2.33. The monoisotopic (exact) mass is 283 g/mol. The molecule has 4 nitrogen and oxygen atoms in total. The van der Waals surface area contributed by atoms with Crippen LogP contribution in [-0.4, -0.2) is 17.6 Å². The lowest BCUT2D eigenvalue weighted by Crippen LogP contribution is -2.34. The van der Waals surface area contributed by atoms with Crippen LogP contribution in [0.15, 0.2) is 48.5 Å². The van der Waals surface area contributed by atoms with Crippen LogP contribution in [0.3, 0.4) is 0 Å². The number of carboxylic acid groups (broad SMARTS) is 1. The first-order valence-corrected chi connectivity index (χ1v) is 7.00. The van der Waals surface area contributed by atoms with Crippen LogP contribution in [0.5, 0.6) is 5.75 Å². The minimum absolute atomic E-state index is 0.477. The summed E-state index contributed by atoms with van der Waals surface area (Å²) in [5, 5.41) is 12.3. The van der Waals surface area contributed by atoms with Crippen LogP contribution >= 0.6 is 0 Å². The molecule has 0 aromatic heterocycles. The van der Waals surface area contributed by atoms with Crippen LogP contribution in [0.4, 0.5) is 0 Å². The maximum Gasteiger partial charge on any atom is 0.325 e. The second kappa shape index (κ2) is 5.97. The van der Waals surface area contributed by atoms with Crippen LogP contribution in [0, 0.1) is 0 Å². The van der Waals surface area contributed by atoms with Crippen molar-refractivity contribution < 1.29 is 14.6 Å². The number of aliphatic carboxylic acids is 1. The fraction of sp³-hybridized carbons (Fsp3) is 0.235. The van der Waals surface area contributed by atoms with E-state index in [-0.39, 0.29) is 0 Å². The summed E-state index contributed by atoms with van der Waals surface area (Å²) in [6, 6.07) is 15.0. The fourth-order valence-electron chi connectivity index (χ4n) is 2.58. The molecule has 0 radical (unpaired) electrons. The van der Waals surface area contributed by atoms with E-state index in [2.05, 4.69) is 5.32 Å². The molecular weight excluding hydrogens is 266 g/mol. The Morgan fingerprint density at radius 3 is 2.81 bits per heavy atom. The quantitative estimate of drug-likeness (QED) is 0.905. The summed E-state index contributed by atoms with van der Waals surface area (Å²) >= 11 is 0. The van der Waals surface area contributed by atoms with Gasteiger partial charge in [-0.2, -0.15) is 0 Å². The molecule has 2 N–H and O–H groups in total. The number of rotatable bonds is 4. The van der Waals surface area contributed by atoms with Gasteiger partial charge in [0.2, 0.25) is 0 Å². The Morgan fingerprint density at radius 1 is 1.24 bits per heavy atom.